The average Bonchev–Trinajstić information content (AvgIpc) is 2.85. The van der Waals surface area contributed by atoms with Gasteiger partial charge >= 0.3 is 5.97 Å². The molecule has 1 aliphatic heterocycles. The molecule has 1 unspecified atom stereocenters. The molecule has 8 nitrogen and oxygen atoms in total. The van der Waals surface area contributed by atoms with E-state index in [2.05, 4.69) is 28.7 Å². The molecule has 3 heterocycles. The summed E-state index contributed by atoms with van der Waals surface area (Å²) in [6.45, 7) is 3.62. The lowest BCUT2D eigenvalue weighted by molar-refractivity contribution is -0.0401. The molecule has 8 heteroatoms. The molecule has 0 aliphatic carbocycles. The number of unbranched alkanes of at least 4 members (excludes halogenated alkanes) is 2. The topological polar surface area (TPSA) is 90.9 Å². The van der Waals surface area contributed by atoms with Gasteiger partial charge in [-0.3, -0.25) is 14.8 Å². The zero-order chi connectivity index (χ0) is 22.8. The van der Waals surface area contributed by atoms with Gasteiger partial charge in [0.2, 0.25) is 0 Å². The van der Waals surface area contributed by atoms with Crippen molar-refractivity contribution in [2.75, 3.05) is 33.4 Å². The van der Waals surface area contributed by atoms with Crippen LogP contribution in [0.15, 0.2) is 36.9 Å². The predicted molar refractivity (Wildman–Crippen MR) is 117 cm³/mol. The number of methoxy groups -OCH3 is 1. The fraction of sp³-hybridized carbons (Fsp3) is 0.417. The first-order valence-electron chi connectivity index (χ1n) is 10.6. The molecule has 1 amide bonds. The molecule has 0 bridgehead atoms. The second-order valence-electron chi connectivity index (χ2n) is 7.32. The van der Waals surface area contributed by atoms with Gasteiger partial charge in [-0.2, -0.15) is 0 Å². The molecule has 0 aromatic carbocycles. The van der Waals surface area contributed by atoms with Crippen molar-refractivity contribution in [1.82, 2.24) is 14.9 Å². The highest BCUT2D eigenvalue weighted by Gasteiger charge is 2.26. The Balaban J connectivity index is 1.58. The van der Waals surface area contributed by atoms with Crippen molar-refractivity contribution in [2.45, 2.75) is 32.3 Å². The molecule has 168 valence electrons. The second-order valence-corrected chi connectivity index (χ2v) is 7.32. The molecular weight excluding hydrogens is 410 g/mol. The lowest BCUT2D eigenvalue weighted by Gasteiger charge is -2.32. The summed E-state index contributed by atoms with van der Waals surface area (Å²) in [4.78, 5) is 34.5. The fourth-order valence-electron chi connectivity index (χ4n) is 3.16. The SMILES string of the molecule is CCCCC#Cc1cncc(C(=O)N2CCOC(COc3cncc(C(=O)OC)c3)C2)c1. The number of esters is 1. The van der Waals surface area contributed by atoms with E-state index < -0.39 is 5.97 Å². The normalized spacial score (nSPS) is 15.4. The summed E-state index contributed by atoms with van der Waals surface area (Å²) < 4.78 is 16.2. The molecule has 1 atom stereocenters. The number of pyridine rings is 2. The van der Waals surface area contributed by atoms with Crippen LogP contribution in [-0.2, 0) is 9.47 Å². The third kappa shape index (κ3) is 6.53. The predicted octanol–water partition coefficient (Wildman–Crippen LogP) is 2.72. The van der Waals surface area contributed by atoms with Crippen molar-refractivity contribution < 1.29 is 23.8 Å². The number of ether oxygens (including phenoxy) is 3. The number of aromatic nitrogens is 2. The van der Waals surface area contributed by atoms with Crippen LogP contribution < -0.4 is 4.74 Å². The Morgan fingerprint density at radius 2 is 2.00 bits per heavy atom. The number of carbonyl (C=O) groups excluding carboxylic acids is 2. The molecule has 1 aliphatic rings. The monoisotopic (exact) mass is 437 g/mol. The van der Waals surface area contributed by atoms with Gasteiger partial charge in [0.25, 0.3) is 5.91 Å². The van der Waals surface area contributed by atoms with Crippen LogP contribution in [0.4, 0.5) is 0 Å². The Kier molecular flexibility index (Phi) is 8.58. The van der Waals surface area contributed by atoms with Gasteiger partial charge in [-0.1, -0.05) is 25.2 Å². The van der Waals surface area contributed by atoms with Crippen LogP contribution in [0.3, 0.4) is 0 Å². The lowest BCUT2D eigenvalue weighted by Crippen LogP contribution is -2.47. The van der Waals surface area contributed by atoms with Crippen LogP contribution >= 0.6 is 0 Å². The molecule has 1 fully saturated rings. The second kappa shape index (κ2) is 11.8. The smallest absolute Gasteiger partial charge is 0.339 e. The van der Waals surface area contributed by atoms with Crippen LogP contribution in [0.25, 0.3) is 0 Å². The number of morpholine rings is 1. The van der Waals surface area contributed by atoms with E-state index in [1.165, 1.54) is 19.5 Å². The average molecular weight is 437 g/mol. The Morgan fingerprint density at radius 1 is 1.19 bits per heavy atom. The molecule has 2 aromatic heterocycles. The molecule has 2 aromatic rings. The number of hydrogen-bond acceptors (Lipinski definition) is 7. The van der Waals surface area contributed by atoms with Gasteiger partial charge in [0.15, 0.2) is 0 Å². The largest absolute Gasteiger partial charge is 0.489 e. The maximum absolute atomic E-state index is 13.0. The molecule has 0 saturated carbocycles. The zero-order valence-electron chi connectivity index (χ0n) is 18.4. The van der Waals surface area contributed by atoms with Crippen molar-refractivity contribution in [3.63, 3.8) is 0 Å². The summed E-state index contributed by atoms with van der Waals surface area (Å²) in [6, 6.07) is 3.34. The molecule has 0 N–H and O–H groups in total. The summed E-state index contributed by atoms with van der Waals surface area (Å²) in [5.74, 6) is 6.02. The van der Waals surface area contributed by atoms with Gasteiger partial charge in [0, 0.05) is 37.1 Å². The van der Waals surface area contributed by atoms with Gasteiger partial charge < -0.3 is 19.1 Å². The van der Waals surface area contributed by atoms with Gasteiger partial charge in [-0.25, -0.2) is 4.79 Å². The first-order valence-corrected chi connectivity index (χ1v) is 10.6. The van der Waals surface area contributed by atoms with E-state index >= 15 is 0 Å². The van der Waals surface area contributed by atoms with E-state index in [1.54, 1.807) is 29.4 Å². The van der Waals surface area contributed by atoms with Crippen LogP contribution in [0.2, 0.25) is 0 Å². The van der Waals surface area contributed by atoms with E-state index in [0.717, 1.165) is 24.8 Å². The summed E-state index contributed by atoms with van der Waals surface area (Å²) in [6.07, 6.45) is 8.83. The Hall–Kier alpha value is -3.44. The minimum absolute atomic E-state index is 0.114. The van der Waals surface area contributed by atoms with Gasteiger partial charge in [-0.15, -0.1) is 0 Å². The number of rotatable bonds is 7. The van der Waals surface area contributed by atoms with Crippen molar-refractivity contribution >= 4 is 11.9 Å². The highest BCUT2D eigenvalue weighted by atomic mass is 16.5. The first-order chi connectivity index (χ1) is 15.6. The number of hydrogen-bond donors (Lipinski definition) is 0. The minimum atomic E-state index is -0.487. The summed E-state index contributed by atoms with van der Waals surface area (Å²) in [7, 11) is 1.31. The number of amides is 1. The van der Waals surface area contributed by atoms with E-state index in [0.29, 0.717) is 36.6 Å². The highest BCUT2D eigenvalue weighted by Crippen LogP contribution is 2.15. The van der Waals surface area contributed by atoms with Crippen molar-refractivity contribution in [1.29, 1.82) is 0 Å². The molecule has 0 radical (unpaired) electrons. The van der Waals surface area contributed by atoms with E-state index in [-0.39, 0.29) is 18.6 Å². The molecule has 0 spiro atoms. The lowest BCUT2D eigenvalue weighted by atomic mass is 10.1. The maximum atomic E-state index is 13.0. The van der Waals surface area contributed by atoms with Crippen LogP contribution in [-0.4, -0.2) is 66.3 Å². The fourth-order valence-corrected chi connectivity index (χ4v) is 3.16. The number of carbonyl (C=O) groups is 2. The molecule has 3 rings (SSSR count). The first kappa shape index (κ1) is 23.2. The quantitative estimate of drug-likeness (QED) is 0.374. The van der Waals surface area contributed by atoms with Gasteiger partial charge in [0.1, 0.15) is 18.5 Å². The van der Waals surface area contributed by atoms with Crippen molar-refractivity contribution in [3.8, 4) is 17.6 Å². The van der Waals surface area contributed by atoms with Crippen molar-refractivity contribution in [2.24, 2.45) is 0 Å². The Morgan fingerprint density at radius 3 is 2.81 bits per heavy atom. The molecule has 1 saturated heterocycles. The summed E-state index contributed by atoms with van der Waals surface area (Å²) >= 11 is 0. The van der Waals surface area contributed by atoms with Crippen LogP contribution in [0, 0.1) is 11.8 Å². The third-order valence-corrected chi connectivity index (χ3v) is 4.87. The van der Waals surface area contributed by atoms with E-state index in [1.807, 2.05) is 0 Å². The van der Waals surface area contributed by atoms with E-state index in [4.69, 9.17) is 14.2 Å². The summed E-state index contributed by atoms with van der Waals surface area (Å²) in [5, 5.41) is 0. The van der Waals surface area contributed by atoms with Gasteiger partial charge in [-0.05, 0) is 18.6 Å². The van der Waals surface area contributed by atoms with E-state index in [9.17, 15) is 9.59 Å². The summed E-state index contributed by atoms with van der Waals surface area (Å²) in [5.41, 5.74) is 1.54. The number of nitrogens with zero attached hydrogens (tertiary/aromatic N) is 3. The Labute approximate surface area is 187 Å². The third-order valence-electron chi connectivity index (χ3n) is 4.87. The molecular formula is C24H27N3O5. The maximum Gasteiger partial charge on any atom is 0.339 e. The van der Waals surface area contributed by atoms with Crippen LogP contribution in [0.5, 0.6) is 5.75 Å². The standard InChI is InChI=1S/C24H27N3O5/c1-3-4-5-6-7-18-10-19(13-25-12-18)23(28)27-8-9-31-22(16-27)17-32-21-11-20(14-26-15-21)24(29)30-2/h10-15,22H,3-5,8-9,16-17H2,1-2H3. The van der Waals surface area contributed by atoms with Gasteiger partial charge in [0.05, 0.1) is 37.6 Å². The highest BCUT2D eigenvalue weighted by molar-refractivity contribution is 5.94. The minimum Gasteiger partial charge on any atom is -0.489 e. The Bertz CT molecular complexity index is 998. The van der Waals surface area contributed by atoms with Crippen molar-refractivity contribution in [3.05, 3.63) is 53.6 Å². The zero-order valence-corrected chi connectivity index (χ0v) is 18.4. The molecule has 32 heavy (non-hydrogen) atoms. The van der Waals surface area contributed by atoms with Crippen LogP contribution in [0.1, 0.15) is 52.5 Å².